The minimum Gasteiger partial charge on any atom is -0.373 e. The Labute approximate surface area is 76.8 Å². The number of rotatable bonds is 0. The van der Waals surface area contributed by atoms with Crippen molar-refractivity contribution >= 4 is 18.6 Å². The summed E-state index contributed by atoms with van der Waals surface area (Å²) in [6.45, 7) is 1.57. The molecule has 0 aromatic heterocycles. The second-order valence-electron chi connectivity index (χ2n) is 2.54. The number of nitrogens with one attached hydrogen (secondary N) is 2. The van der Waals surface area contributed by atoms with Crippen molar-refractivity contribution in [3.8, 4) is 6.07 Å². The van der Waals surface area contributed by atoms with Crippen molar-refractivity contribution in [1.82, 2.24) is 10.6 Å². The molecule has 0 saturated carbocycles. The minimum atomic E-state index is 0. The van der Waals surface area contributed by atoms with Crippen molar-refractivity contribution in [1.29, 1.82) is 5.26 Å². The Morgan fingerprint density at radius 3 is 3.25 bits per heavy atom. The predicted octanol–water partition coefficient (Wildman–Crippen LogP) is -0.211. The monoisotopic (exact) mass is 184 g/mol. The molecule has 1 unspecified atom stereocenters. The zero-order valence-corrected chi connectivity index (χ0v) is 7.19. The van der Waals surface area contributed by atoms with Crippen molar-refractivity contribution < 1.29 is 0 Å². The fraction of sp³-hybridized carbons (Fsp3) is 0.429. The molecule has 4 nitrogen and oxygen atoms in total. The second kappa shape index (κ2) is 3.57. The average molecular weight is 185 g/mol. The number of fused-ring (bicyclic) bond motifs is 1. The van der Waals surface area contributed by atoms with Gasteiger partial charge in [-0.3, -0.25) is 10.3 Å². The van der Waals surface area contributed by atoms with Crippen LogP contribution in [0.1, 0.15) is 0 Å². The van der Waals surface area contributed by atoms with Gasteiger partial charge in [-0.15, -0.1) is 12.4 Å². The highest BCUT2D eigenvalue weighted by atomic mass is 35.5. The van der Waals surface area contributed by atoms with Gasteiger partial charge in [-0.25, -0.2) is 0 Å². The zero-order chi connectivity index (χ0) is 7.68. The van der Waals surface area contributed by atoms with Crippen LogP contribution in [-0.2, 0) is 0 Å². The number of nitriles is 1. The Balaban J connectivity index is 0.000000720. The largest absolute Gasteiger partial charge is 0.373 e. The summed E-state index contributed by atoms with van der Waals surface area (Å²) in [6.07, 6.45) is 1.64. The third-order valence-electron chi connectivity index (χ3n) is 1.87. The standard InChI is InChI=1S/C7H8N4.ClH/c8-1-5-2-10-6-3-9-4-11-7(5)6;/h2,6,9,11H,3-4H2;1H. The Kier molecular flexibility index (Phi) is 2.69. The van der Waals surface area contributed by atoms with E-state index in [0.717, 1.165) is 18.9 Å². The van der Waals surface area contributed by atoms with Crippen LogP contribution in [0.15, 0.2) is 16.3 Å². The summed E-state index contributed by atoms with van der Waals surface area (Å²) in [6, 6.07) is 2.25. The van der Waals surface area contributed by atoms with Crippen LogP contribution in [-0.4, -0.2) is 25.5 Å². The number of halogens is 1. The first kappa shape index (κ1) is 9.04. The highest BCUT2D eigenvalue weighted by Gasteiger charge is 2.24. The summed E-state index contributed by atoms with van der Waals surface area (Å²) >= 11 is 0. The van der Waals surface area contributed by atoms with Gasteiger partial charge in [0, 0.05) is 12.8 Å². The summed E-state index contributed by atoms with van der Waals surface area (Å²) in [5, 5.41) is 14.9. The molecular formula is C7H9ClN4. The van der Waals surface area contributed by atoms with Gasteiger partial charge in [-0.2, -0.15) is 5.26 Å². The Bertz CT molecular complexity index is 276. The molecule has 0 aromatic carbocycles. The third kappa shape index (κ3) is 1.29. The lowest BCUT2D eigenvalue weighted by molar-refractivity contribution is 0.513. The van der Waals surface area contributed by atoms with Crippen LogP contribution in [0.4, 0.5) is 0 Å². The molecule has 0 aromatic rings. The molecule has 2 aliphatic heterocycles. The quantitative estimate of drug-likeness (QED) is 0.548. The summed E-state index contributed by atoms with van der Waals surface area (Å²) in [5.41, 5.74) is 1.66. The molecule has 0 radical (unpaired) electrons. The predicted molar refractivity (Wildman–Crippen MR) is 48.2 cm³/mol. The van der Waals surface area contributed by atoms with Crippen LogP contribution in [0.2, 0.25) is 0 Å². The van der Waals surface area contributed by atoms with Crippen LogP contribution < -0.4 is 10.6 Å². The molecule has 1 saturated heterocycles. The first-order valence-electron chi connectivity index (χ1n) is 3.54. The SMILES string of the molecule is Cl.N#CC1=C2NCNCC2N=C1. The molecular weight excluding hydrogens is 176 g/mol. The van der Waals surface area contributed by atoms with Crippen LogP contribution in [0, 0.1) is 11.3 Å². The first-order chi connectivity index (χ1) is 5.42. The molecule has 0 amide bonds. The minimum absolute atomic E-state index is 0. The van der Waals surface area contributed by atoms with Gasteiger partial charge >= 0.3 is 0 Å². The van der Waals surface area contributed by atoms with Gasteiger partial charge in [-0.1, -0.05) is 0 Å². The van der Waals surface area contributed by atoms with Gasteiger partial charge in [-0.05, 0) is 0 Å². The lowest BCUT2D eigenvalue weighted by Gasteiger charge is -2.21. The Hall–Kier alpha value is -1.05. The van der Waals surface area contributed by atoms with E-state index < -0.39 is 0 Å². The number of nitrogens with zero attached hydrogens (tertiary/aromatic N) is 2. The highest BCUT2D eigenvalue weighted by Crippen LogP contribution is 2.15. The van der Waals surface area contributed by atoms with E-state index in [2.05, 4.69) is 21.7 Å². The van der Waals surface area contributed by atoms with Gasteiger partial charge in [0.25, 0.3) is 0 Å². The van der Waals surface area contributed by atoms with Crippen LogP contribution in [0.25, 0.3) is 0 Å². The van der Waals surface area contributed by atoms with Crippen molar-refractivity contribution in [2.45, 2.75) is 6.04 Å². The van der Waals surface area contributed by atoms with E-state index in [1.807, 2.05) is 0 Å². The van der Waals surface area contributed by atoms with E-state index in [4.69, 9.17) is 5.26 Å². The molecule has 2 aliphatic rings. The fourth-order valence-corrected chi connectivity index (χ4v) is 1.31. The van der Waals surface area contributed by atoms with E-state index in [-0.39, 0.29) is 18.4 Å². The lowest BCUT2D eigenvalue weighted by atomic mass is 10.1. The van der Waals surface area contributed by atoms with E-state index in [0.29, 0.717) is 5.57 Å². The van der Waals surface area contributed by atoms with Gasteiger partial charge in [0.05, 0.1) is 17.9 Å². The van der Waals surface area contributed by atoms with Crippen molar-refractivity contribution in [3.63, 3.8) is 0 Å². The lowest BCUT2D eigenvalue weighted by Crippen LogP contribution is -2.43. The number of hydrogen-bond donors (Lipinski definition) is 2. The first-order valence-corrected chi connectivity index (χ1v) is 3.54. The molecule has 0 aliphatic carbocycles. The molecule has 2 heterocycles. The molecule has 0 bridgehead atoms. The summed E-state index contributed by atoms with van der Waals surface area (Å²) < 4.78 is 0. The van der Waals surface area contributed by atoms with Crippen LogP contribution in [0.5, 0.6) is 0 Å². The zero-order valence-electron chi connectivity index (χ0n) is 6.37. The van der Waals surface area contributed by atoms with E-state index in [1.54, 1.807) is 6.21 Å². The molecule has 5 heteroatoms. The molecule has 2 N–H and O–H groups in total. The Morgan fingerprint density at radius 1 is 1.67 bits per heavy atom. The van der Waals surface area contributed by atoms with Crippen molar-refractivity contribution in [2.24, 2.45) is 4.99 Å². The maximum atomic E-state index is 8.65. The summed E-state index contributed by atoms with van der Waals surface area (Å²) in [5.74, 6) is 0. The molecule has 64 valence electrons. The van der Waals surface area contributed by atoms with E-state index >= 15 is 0 Å². The number of aliphatic imine (C=N–C) groups is 1. The van der Waals surface area contributed by atoms with Gasteiger partial charge in [0.1, 0.15) is 12.1 Å². The second-order valence-corrected chi connectivity index (χ2v) is 2.54. The fourth-order valence-electron chi connectivity index (χ4n) is 1.31. The summed E-state index contributed by atoms with van der Waals surface area (Å²) in [4.78, 5) is 4.16. The molecule has 0 spiro atoms. The molecule has 1 atom stereocenters. The number of allylic oxidation sites excluding steroid dienone is 1. The van der Waals surface area contributed by atoms with Crippen molar-refractivity contribution in [2.75, 3.05) is 13.2 Å². The van der Waals surface area contributed by atoms with Crippen LogP contribution in [0.3, 0.4) is 0 Å². The van der Waals surface area contributed by atoms with E-state index in [1.165, 1.54) is 0 Å². The Morgan fingerprint density at radius 2 is 2.50 bits per heavy atom. The smallest absolute Gasteiger partial charge is 0.103 e. The third-order valence-corrected chi connectivity index (χ3v) is 1.87. The average Bonchev–Trinajstić information content (AvgIpc) is 2.47. The highest BCUT2D eigenvalue weighted by molar-refractivity contribution is 5.88. The topological polar surface area (TPSA) is 60.2 Å². The van der Waals surface area contributed by atoms with Gasteiger partial charge in [0.15, 0.2) is 0 Å². The van der Waals surface area contributed by atoms with Crippen molar-refractivity contribution in [3.05, 3.63) is 11.3 Å². The maximum Gasteiger partial charge on any atom is 0.103 e. The van der Waals surface area contributed by atoms with Gasteiger partial charge < -0.3 is 5.32 Å². The normalized spacial score (nSPS) is 25.4. The molecule has 2 rings (SSSR count). The molecule has 12 heavy (non-hydrogen) atoms. The number of hydrogen-bond acceptors (Lipinski definition) is 4. The van der Waals surface area contributed by atoms with E-state index in [9.17, 15) is 0 Å². The maximum absolute atomic E-state index is 8.65. The summed E-state index contributed by atoms with van der Waals surface area (Å²) in [7, 11) is 0. The van der Waals surface area contributed by atoms with Crippen LogP contribution >= 0.6 is 12.4 Å². The molecule has 1 fully saturated rings. The van der Waals surface area contributed by atoms with Gasteiger partial charge in [0.2, 0.25) is 0 Å².